The van der Waals surface area contributed by atoms with Gasteiger partial charge in [0, 0.05) is 35.1 Å². The highest BCUT2D eigenvalue weighted by Gasteiger charge is 2.15. The number of benzene rings is 3. The summed E-state index contributed by atoms with van der Waals surface area (Å²) in [6, 6.07) is 17.5. The number of nitrogens with one attached hydrogen (secondary N) is 2. The van der Waals surface area contributed by atoms with Gasteiger partial charge in [-0.25, -0.2) is 4.98 Å². The molecule has 0 saturated heterocycles. The van der Waals surface area contributed by atoms with E-state index in [1.807, 2.05) is 49.4 Å². The van der Waals surface area contributed by atoms with Crippen LogP contribution in [-0.4, -0.2) is 23.1 Å². The standard InChI is InChI=1S/C25H24BrCl2N3O2/c1-2-32-23-13-16(14-29-11-10-24-30-21-8-3-4-9-22(21)31-24)12-18(26)25(23)33-15-17-19(27)6-5-7-20(17)28/h3-9,12-13,29H,2,10-11,14-15H2,1H3,(H,30,31). The van der Waals surface area contributed by atoms with Gasteiger partial charge in [-0.3, -0.25) is 0 Å². The Hall–Kier alpha value is -2.25. The zero-order chi connectivity index (χ0) is 23.2. The predicted octanol–water partition coefficient (Wildman–Crippen LogP) is 6.94. The smallest absolute Gasteiger partial charge is 0.175 e. The van der Waals surface area contributed by atoms with Crippen molar-refractivity contribution >= 4 is 50.2 Å². The second kappa shape index (κ2) is 11.3. The maximum absolute atomic E-state index is 6.28. The van der Waals surface area contributed by atoms with Crippen LogP contribution in [0, 0.1) is 0 Å². The molecule has 0 spiro atoms. The van der Waals surface area contributed by atoms with Crippen LogP contribution in [0.3, 0.4) is 0 Å². The summed E-state index contributed by atoms with van der Waals surface area (Å²) >= 11 is 16.2. The van der Waals surface area contributed by atoms with Gasteiger partial charge in [-0.2, -0.15) is 0 Å². The van der Waals surface area contributed by atoms with Gasteiger partial charge in [-0.05, 0) is 64.8 Å². The first-order chi connectivity index (χ1) is 16.0. The lowest BCUT2D eigenvalue weighted by atomic mass is 10.2. The lowest BCUT2D eigenvalue weighted by molar-refractivity contribution is 0.267. The number of H-pyrrole nitrogens is 1. The number of halogens is 3. The Labute approximate surface area is 211 Å². The highest BCUT2D eigenvalue weighted by molar-refractivity contribution is 9.10. The maximum atomic E-state index is 6.28. The number of aromatic nitrogens is 2. The van der Waals surface area contributed by atoms with Crippen LogP contribution in [0.2, 0.25) is 10.0 Å². The fraction of sp³-hybridized carbons (Fsp3) is 0.240. The van der Waals surface area contributed by atoms with E-state index in [2.05, 4.69) is 31.2 Å². The second-order valence-corrected chi connectivity index (χ2v) is 9.12. The van der Waals surface area contributed by atoms with Crippen LogP contribution in [0.15, 0.2) is 59.1 Å². The molecular formula is C25H24BrCl2N3O2. The molecule has 0 atom stereocenters. The molecule has 33 heavy (non-hydrogen) atoms. The number of fused-ring (bicyclic) bond motifs is 1. The van der Waals surface area contributed by atoms with E-state index < -0.39 is 0 Å². The van der Waals surface area contributed by atoms with E-state index in [1.165, 1.54) is 0 Å². The molecular weight excluding hydrogens is 525 g/mol. The van der Waals surface area contributed by atoms with Gasteiger partial charge in [0.2, 0.25) is 0 Å². The van der Waals surface area contributed by atoms with Gasteiger partial charge in [0.15, 0.2) is 11.5 Å². The lowest BCUT2D eigenvalue weighted by Gasteiger charge is -2.16. The number of rotatable bonds is 10. The van der Waals surface area contributed by atoms with Crippen LogP contribution in [-0.2, 0) is 19.6 Å². The summed E-state index contributed by atoms with van der Waals surface area (Å²) in [5, 5.41) is 4.61. The number of hydrogen-bond acceptors (Lipinski definition) is 4. The van der Waals surface area contributed by atoms with E-state index in [1.54, 1.807) is 12.1 Å². The van der Waals surface area contributed by atoms with Gasteiger partial charge in [0.1, 0.15) is 12.4 Å². The van der Waals surface area contributed by atoms with Gasteiger partial charge < -0.3 is 19.8 Å². The number of hydrogen-bond donors (Lipinski definition) is 2. The molecule has 2 N–H and O–H groups in total. The first-order valence-corrected chi connectivity index (χ1v) is 12.2. The fourth-order valence-electron chi connectivity index (χ4n) is 3.50. The normalized spacial score (nSPS) is 11.2. The zero-order valence-corrected chi connectivity index (χ0v) is 21.2. The molecule has 172 valence electrons. The largest absolute Gasteiger partial charge is 0.490 e. The lowest BCUT2D eigenvalue weighted by Crippen LogP contribution is -2.17. The number of para-hydroxylation sites is 2. The van der Waals surface area contributed by atoms with E-state index >= 15 is 0 Å². The average molecular weight is 549 g/mol. The van der Waals surface area contributed by atoms with Crippen molar-refractivity contribution in [2.75, 3.05) is 13.2 Å². The number of imidazole rings is 1. The molecule has 0 unspecified atom stereocenters. The van der Waals surface area contributed by atoms with Crippen molar-refractivity contribution in [2.45, 2.75) is 26.5 Å². The maximum Gasteiger partial charge on any atom is 0.175 e. The molecule has 4 rings (SSSR count). The summed E-state index contributed by atoms with van der Waals surface area (Å²) < 4.78 is 12.7. The average Bonchev–Trinajstić information content (AvgIpc) is 3.21. The van der Waals surface area contributed by atoms with Crippen molar-refractivity contribution in [1.29, 1.82) is 0 Å². The van der Waals surface area contributed by atoms with Gasteiger partial charge in [-0.1, -0.05) is 41.4 Å². The summed E-state index contributed by atoms with van der Waals surface area (Å²) in [6.07, 6.45) is 0.813. The van der Waals surface area contributed by atoms with Gasteiger partial charge in [-0.15, -0.1) is 0 Å². The van der Waals surface area contributed by atoms with Crippen LogP contribution in [0.25, 0.3) is 11.0 Å². The highest BCUT2D eigenvalue weighted by Crippen LogP contribution is 2.38. The van der Waals surface area contributed by atoms with Crippen molar-refractivity contribution in [3.05, 3.63) is 86.1 Å². The second-order valence-electron chi connectivity index (χ2n) is 7.45. The molecule has 0 fully saturated rings. The molecule has 0 bridgehead atoms. The third-order valence-electron chi connectivity index (χ3n) is 5.10. The molecule has 0 amide bonds. The number of nitrogens with zero attached hydrogens (tertiary/aromatic N) is 1. The predicted molar refractivity (Wildman–Crippen MR) is 138 cm³/mol. The molecule has 3 aromatic carbocycles. The van der Waals surface area contributed by atoms with Crippen LogP contribution >= 0.6 is 39.1 Å². The molecule has 0 saturated carbocycles. The minimum absolute atomic E-state index is 0.242. The Kier molecular flexibility index (Phi) is 8.15. The van der Waals surface area contributed by atoms with Crippen molar-refractivity contribution < 1.29 is 9.47 Å². The summed E-state index contributed by atoms with van der Waals surface area (Å²) in [5.74, 6) is 2.27. The highest BCUT2D eigenvalue weighted by atomic mass is 79.9. The molecule has 4 aromatic rings. The minimum atomic E-state index is 0.242. The Bertz CT molecular complexity index is 1190. The molecule has 0 aliphatic heterocycles. The molecule has 8 heteroatoms. The van der Waals surface area contributed by atoms with Crippen LogP contribution in [0.1, 0.15) is 23.9 Å². The van der Waals surface area contributed by atoms with Crippen LogP contribution in [0.4, 0.5) is 0 Å². The molecule has 0 radical (unpaired) electrons. The van der Waals surface area contributed by atoms with Gasteiger partial charge in [0.25, 0.3) is 0 Å². The Balaban J connectivity index is 1.39. The summed E-state index contributed by atoms with van der Waals surface area (Å²) in [4.78, 5) is 7.98. The Morgan fingerprint density at radius 3 is 2.58 bits per heavy atom. The van der Waals surface area contributed by atoms with Crippen molar-refractivity contribution in [3.63, 3.8) is 0 Å². The van der Waals surface area contributed by atoms with E-state index in [-0.39, 0.29) is 6.61 Å². The molecule has 1 aromatic heterocycles. The van der Waals surface area contributed by atoms with Crippen molar-refractivity contribution in [3.8, 4) is 11.5 Å². The van der Waals surface area contributed by atoms with Crippen molar-refractivity contribution in [1.82, 2.24) is 15.3 Å². The fourth-order valence-corrected chi connectivity index (χ4v) is 4.62. The van der Waals surface area contributed by atoms with Gasteiger partial charge in [0.05, 0.1) is 22.1 Å². The summed E-state index contributed by atoms with van der Waals surface area (Å²) in [5.41, 5.74) is 3.88. The molecule has 5 nitrogen and oxygen atoms in total. The Morgan fingerprint density at radius 1 is 1.03 bits per heavy atom. The zero-order valence-electron chi connectivity index (χ0n) is 18.1. The van der Waals surface area contributed by atoms with E-state index in [0.717, 1.165) is 45.4 Å². The van der Waals surface area contributed by atoms with Crippen LogP contribution in [0.5, 0.6) is 11.5 Å². The van der Waals surface area contributed by atoms with Gasteiger partial charge >= 0.3 is 0 Å². The third-order valence-corrected chi connectivity index (χ3v) is 6.40. The van der Waals surface area contributed by atoms with Crippen LogP contribution < -0.4 is 14.8 Å². The number of aromatic amines is 1. The van der Waals surface area contributed by atoms with E-state index in [9.17, 15) is 0 Å². The third kappa shape index (κ3) is 6.01. The SMILES string of the molecule is CCOc1cc(CNCCc2nc3ccccc3[nH]2)cc(Br)c1OCc1c(Cl)cccc1Cl. The summed E-state index contributed by atoms with van der Waals surface area (Å²) in [6.45, 7) is 4.20. The summed E-state index contributed by atoms with van der Waals surface area (Å²) in [7, 11) is 0. The quantitative estimate of drug-likeness (QED) is 0.211. The number of ether oxygens (including phenoxy) is 2. The molecule has 1 heterocycles. The minimum Gasteiger partial charge on any atom is -0.490 e. The van der Waals surface area contributed by atoms with E-state index in [4.69, 9.17) is 32.7 Å². The monoisotopic (exact) mass is 547 g/mol. The Morgan fingerprint density at radius 2 is 1.82 bits per heavy atom. The molecule has 0 aliphatic rings. The molecule has 0 aliphatic carbocycles. The topological polar surface area (TPSA) is 59.2 Å². The first kappa shape index (κ1) is 23.9. The van der Waals surface area contributed by atoms with E-state index in [0.29, 0.717) is 34.7 Å². The first-order valence-electron chi connectivity index (χ1n) is 10.7. The van der Waals surface area contributed by atoms with Crippen molar-refractivity contribution in [2.24, 2.45) is 0 Å².